The zero-order valence-electron chi connectivity index (χ0n) is 17.6. The van der Waals surface area contributed by atoms with Crippen LogP contribution in [0, 0.1) is 0 Å². The van der Waals surface area contributed by atoms with Gasteiger partial charge in [0.2, 0.25) is 5.91 Å². The molecule has 0 saturated carbocycles. The zero-order chi connectivity index (χ0) is 20.8. The quantitative estimate of drug-likeness (QED) is 0.671. The van der Waals surface area contributed by atoms with E-state index < -0.39 is 0 Å². The van der Waals surface area contributed by atoms with Crippen molar-refractivity contribution in [2.45, 2.75) is 31.7 Å². The lowest BCUT2D eigenvalue weighted by molar-refractivity contribution is -0.132. The van der Waals surface area contributed by atoms with E-state index in [1.54, 1.807) is 28.4 Å². The molecule has 156 valence electrons. The number of ether oxygens (including phenoxy) is 4. The van der Waals surface area contributed by atoms with Gasteiger partial charge >= 0.3 is 0 Å². The van der Waals surface area contributed by atoms with E-state index in [1.807, 2.05) is 41.3 Å². The molecule has 0 aliphatic carbocycles. The number of nitrogens with zero attached hydrogens (tertiary/aromatic N) is 1. The summed E-state index contributed by atoms with van der Waals surface area (Å²) in [4.78, 5) is 15.0. The van der Waals surface area contributed by atoms with Gasteiger partial charge in [-0.05, 0) is 55.2 Å². The van der Waals surface area contributed by atoms with Crippen molar-refractivity contribution in [3.63, 3.8) is 0 Å². The lowest BCUT2D eigenvalue weighted by Crippen LogP contribution is -2.31. The summed E-state index contributed by atoms with van der Waals surface area (Å²) in [6.45, 7) is 0.760. The van der Waals surface area contributed by atoms with Gasteiger partial charge in [-0.25, -0.2) is 0 Å². The van der Waals surface area contributed by atoms with E-state index >= 15 is 0 Å². The second-order valence-corrected chi connectivity index (χ2v) is 7.04. The van der Waals surface area contributed by atoms with Crippen LogP contribution in [-0.4, -0.2) is 45.8 Å². The summed E-state index contributed by atoms with van der Waals surface area (Å²) in [5, 5.41) is 0. The van der Waals surface area contributed by atoms with Crippen molar-refractivity contribution in [3.8, 4) is 23.0 Å². The highest BCUT2D eigenvalue weighted by atomic mass is 16.5. The number of hydrogen-bond donors (Lipinski definition) is 0. The summed E-state index contributed by atoms with van der Waals surface area (Å²) in [6, 6.07) is 11.5. The van der Waals surface area contributed by atoms with Gasteiger partial charge in [0.1, 0.15) is 11.5 Å². The number of methoxy groups -OCH3 is 4. The van der Waals surface area contributed by atoms with Crippen LogP contribution in [0.15, 0.2) is 36.4 Å². The number of likely N-dealkylation sites (tertiary alicyclic amines) is 1. The topological polar surface area (TPSA) is 57.2 Å². The highest BCUT2D eigenvalue weighted by molar-refractivity contribution is 5.77. The molecule has 29 heavy (non-hydrogen) atoms. The number of aryl methyl sites for hydroxylation is 1. The molecule has 0 aromatic heterocycles. The number of amides is 1. The van der Waals surface area contributed by atoms with Crippen LogP contribution in [-0.2, 0) is 11.2 Å². The van der Waals surface area contributed by atoms with Crippen LogP contribution in [0.1, 0.15) is 36.4 Å². The van der Waals surface area contributed by atoms with Crippen LogP contribution in [0.25, 0.3) is 0 Å². The lowest BCUT2D eigenvalue weighted by atomic mass is 10.0. The molecule has 1 amide bonds. The van der Waals surface area contributed by atoms with E-state index in [-0.39, 0.29) is 11.9 Å². The van der Waals surface area contributed by atoms with Crippen molar-refractivity contribution >= 4 is 5.91 Å². The van der Waals surface area contributed by atoms with Gasteiger partial charge in [0.25, 0.3) is 0 Å². The van der Waals surface area contributed by atoms with Crippen molar-refractivity contribution < 1.29 is 23.7 Å². The first-order chi connectivity index (χ1) is 14.1. The Balaban J connectivity index is 1.72. The summed E-state index contributed by atoms with van der Waals surface area (Å²) in [6.07, 6.45) is 2.99. The van der Waals surface area contributed by atoms with Gasteiger partial charge in [0, 0.05) is 18.5 Å². The smallest absolute Gasteiger partial charge is 0.223 e. The Kier molecular flexibility index (Phi) is 6.86. The Morgan fingerprint density at radius 1 is 0.931 bits per heavy atom. The largest absolute Gasteiger partial charge is 0.497 e. The molecular formula is C23H29NO5. The highest BCUT2D eigenvalue weighted by Gasteiger charge is 2.31. The SMILES string of the molecule is COc1ccc(OC)c(C2CCCN2C(=O)CCc2ccc(OC)c(OC)c2)c1. The molecule has 6 heteroatoms. The van der Waals surface area contributed by atoms with Crippen molar-refractivity contribution in [2.24, 2.45) is 0 Å². The molecule has 1 aliphatic rings. The Bertz CT molecular complexity index is 851. The maximum Gasteiger partial charge on any atom is 0.223 e. The van der Waals surface area contributed by atoms with E-state index in [9.17, 15) is 4.79 Å². The molecule has 3 rings (SSSR count). The monoisotopic (exact) mass is 399 g/mol. The molecule has 2 aromatic rings. The van der Waals surface area contributed by atoms with Crippen molar-refractivity contribution in [1.82, 2.24) is 4.90 Å². The summed E-state index contributed by atoms with van der Waals surface area (Å²) in [7, 11) is 6.53. The Morgan fingerprint density at radius 3 is 2.34 bits per heavy atom. The van der Waals surface area contributed by atoms with Crippen LogP contribution in [0.3, 0.4) is 0 Å². The molecule has 1 atom stereocenters. The second-order valence-electron chi connectivity index (χ2n) is 7.04. The molecule has 6 nitrogen and oxygen atoms in total. The standard InChI is InChI=1S/C23H29NO5/c1-26-17-9-11-20(27-2)18(15-17)19-6-5-13-24(19)23(25)12-8-16-7-10-21(28-3)22(14-16)29-4/h7,9-11,14-15,19H,5-6,8,12-13H2,1-4H3. The molecule has 0 bridgehead atoms. The maximum absolute atomic E-state index is 13.0. The summed E-state index contributed by atoms with van der Waals surface area (Å²) in [5.41, 5.74) is 2.05. The third-order valence-electron chi connectivity index (χ3n) is 5.44. The first-order valence-corrected chi connectivity index (χ1v) is 9.83. The minimum Gasteiger partial charge on any atom is -0.497 e. The first-order valence-electron chi connectivity index (χ1n) is 9.83. The minimum absolute atomic E-state index is 0.0120. The molecule has 2 aromatic carbocycles. The van der Waals surface area contributed by atoms with E-state index in [0.29, 0.717) is 24.3 Å². The predicted molar refractivity (Wildman–Crippen MR) is 111 cm³/mol. The van der Waals surface area contributed by atoms with E-state index in [0.717, 1.165) is 42.0 Å². The Hall–Kier alpha value is -2.89. The van der Waals surface area contributed by atoms with Gasteiger partial charge in [0.05, 0.1) is 34.5 Å². The van der Waals surface area contributed by atoms with Gasteiger partial charge in [-0.1, -0.05) is 6.07 Å². The van der Waals surface area contributed by atoms with Crippen LogP contribution in [0.4, 0.5) is 0 Å². The molecule has 1 unspecified atom stereocenters. The van der Waals surface area contributed by atoms with Gasteiger partial charge in [-0.15, -0.1) is 0 Å². The zero-order valence-corrected chi connectivity index (χ0v) is 17.6. The van der Waals surface area contributed by atoms with Crippen molar-refractivity contribution in [3.05, 3.63) is 47.5 Å². The van der Waals surface area contributed by atoms with E-state index in [4.69, 9.17) is 18.9 Å². The second kappa shape index (κ2) is 9.54. The van der Waals surface area contributed by atoms with E-state index in [1.165, 1.54) is 0 Å². The molecule has 0 N–H and O–H groups in total. The molecule has 1 saturated heterocycles. The normalized spacial score (nSPS) is 15.9. The molecule has 1 aliphatic heterocycles. The lowest BCUT2D eigenvalue weighted by Gasteiger charge is -2.27. The molecule has 1 heterocycles. The van der Waals surface area contributed by atoms with Crippen LogP contribution in [0.5, 0.6) is 23.0 Å². The number of benzene rings is 2. The summed E-state index contributed by atoms with van der Waals surface area (Å²) >= 11 is 0. The van der Waals surface area contributed by atoms with Gasteiger partial charge < -0.3 is 23.8 Å². The summed E-state index contributed by atoms with van der Waals surface area (Å²) in [5.74, 6) is 3.07. The third-order valence-corrected chi connectivity index (χ3v) is 5.44. The summed E-state index contributed by atoms with van der Waals surface area (Å²) < 4.78 is 21.6. The maximum atomic E-state index is 13.0. The third kappa shape index (κ3) is 4.58. The van der Waals surface area contributed by atoms with Crippen molar-refractivity contribution in [1.29, 1.82) is 0 Å². The van der Waals surface area contributed by atoms with Crippen LogP contribution >= 0.6 is 0 Å². The van der Waals surface area contributed by atoms with Crippen LogP contribution in [0.2, 0.25) is 0 Å². The number of carbonyl (C=O) groups is 1. The fraction of sp³-hybridized carbons (Fsp3) is 0.435. The molecular weight excluding hydrogens is 370 g/mol. The average molecular weight is 399 g/mol. The number of rotatable bonds is 8. The fourth-order valence-corrected chi connectivity index (χ4v) is 3.92. The highest BCUT2D eigenvalue weighted by Crippen LogP contribution is 2.39. The van der Waals surface area contributed by atoms with Crippen molar-refractivity contribution in [2.75, 3.05) is 35.0 Å². The van der Waals surface area contributed by atoms with Gasteiger partial charge in [-0.3, -0.25) is 4.79 Å². The molecule has 0 spiro atoms. The minimum atomic E-state index is 0.0120. The first kappa shape index (κ1) is 20.8. The number of carbonyl (C=O) groups excluding carboxylic acids is 1. The fourth-order valence-electron chi connectivity index (χ4n) is 3.92. The predicted octanol–water partition coefficient (Wildman–Crippen LogP) is 4.02. The number of hydrogen-bond acceptors (Lipinski definition) is 5. The van der Waals surface area contributed by atoms with Crippen LogP contribution < -0.4 is 18.9 Å². The Morgan fingerprint density at radius 2 is 1.66 bits per heavy atom. The molecule has 1 fully saturated rings. The molecule has 0 radical (unpaired) electrons. The van der Waals surface area contributed by atoms with Gasteiger partial charge in [-0.2, -0.15) is 0 Å². The van der Waals surface area contributed by atoms with E-state index in [2.05, 4.69) is 0 Å². The Labute approximate surface area is 172 Å². The average Bonchev–Trinajstić information content (AvgIpc) is 3.26. The van der Waals surface area contributed by atoms with Gasteiger partial charge in [0.15, 0.2) is 11.5 Å².